The molecule has 4 aromatic heterocycles. The Hall–Kier alpha value is -2.67. The van der Waals surface area contributed by atoms with Crippen LogP contribution in [-0.4, -0.2) is 49.7 Å². The predicted octanol–water partition coefficient (Wildman–Crippen LogP) is 2.91. The Bertz CT molecular complexity index is 1030. The molecule has 0 aliphatic rings. The van der Waals surface area contributed by atoms with E-state index >= 15 is 0 Å². The summed E-state index contributed by atoms with van der Waals surface area (Å²) >= 11 is 0. The first-order valence-electron chi connectivity index (χ1n) is 8.45. The summed E-state index contributed by atoms with van der Waals surface area (Å²) < 4.78 is 9.45. The number of rotatable bonds is 5. The molecule has 4 aromatic rings. The quantitative estimate of drug-likeness (QED) is 0.560. The summed E-state index contributed by atoms with van der Waals surface area (Å²) in [5.41, 5.74) is 4.23. The van der Waals surface area contributed by atoms with Gasteiger partial charge < -0.3 is 13.9 Å². The van der Waals surface area contributed by atoms with Crippen molar-refractivity contribution in [3.05, 3.63) is 36.0 Å². The van der Waals surface area contributed by atoms with Gasteiger partial charge in [0.15, 0.2) is 11.4 Å². The molecule has 0 bridgehead atoms. The minimum absolute atomic E-state index is 0.580. The summed E-state index contributed by atoms with van der Waals surface area (Å²) in [6.07, 6.45) is 4.44. The van der Waals surface area contributed by atoms with E-state index in [2.05, 4.69) is 47.5 Å². The molecule has 0 N–H and O–H groups in total. The van der Waals surface area contributed by atoms with Crippen LogP contribution in [0.25, 0.3) is 28.3 Å². The van der Waals surface area contributed by atoms with Crippen molar-refractivity contribution >= 4 is 16.7 Å². The highest BCUT2D eigenvalue weighted by Crippen LogP contribution is 2.28. The van der Waals surface area contributed by atoms with Gasteiger partial charge in [0.2, 0.25) is 5.82 Å². The van der Waals surface area contributed by atoms with E-state index in [1.807, 2.05) is 12.1 Å². The molecule has 0 atom stereocenters. The second-order valence-corrected chi connectivity index (χ2v) is 6.64. The van der Waals surface area contributed by atoms with Crippen LogP contribution in [0, 0.1) is 13.8 Å². The molecule has 4 rings (SSSR count). The average Bonchev–Trinajstić information content (AvgIpc) is 3.28. The van der Waals surface area contributed by atoms with Crippen LogP contribution in [0.2, 0.25) is 0 Å². The Morgan fingerprint density at radius 1 is 1.20 bits per heavy atom. The van der Waals surface area contributed by atoms with Gasteiger partial charge >= 0.3 is 0 Å². The number of aryl methyl sites for hydroxylation is 2. The normalized spacial score (nSPS) is 12.0. The fourth-order valence-electron chi connectivity index (χ4n) is 3.26. The minimum atomic E-state index is 0.580. The molecular weight excluding hydrogens is 316 g/mol. The van der Waals surface area contributed by atoms with Crippen molar-refractivity contribution in [2.45, 2.75) is 26.8 Å². The number of fused-ring (bicyclic) bond motifs is 3. The summed E-state index contributed by atoms with van der Waals surface area (Å²) in [6, 6.07) is 3.70. The van der Waals surface area contributed by atoms with Crippen molar-refractivity contribution in [3.8, 4) is 11.6 Å². The van der Waals surface area contributed by atoms with Crippen molar-refractivity contribution in [1.82, 2.24) is 29.0 Å². The summed E-state index contributed by atoms with van der Waals surface area (Å²) in [5, 5.41) is 5.57. The van der Waals surface area contributed by atoms with E-state index in [0.717, 1.165) is 36.2 Å². The van der Waals surface area contributed by atoms with Gasteiger partial charge in [0.1, 0.15) is 12.0 Å². The van der Waals surface area contributed by atoms with Crippen LogP contribution in [0.1, 0.15) is 17.7 Å². The molecule has 0 fully saturated rings. The SMILES string of the molecule is Cc1c(C)n(CCCN(C)C)c2ncn3nc(-c4ccco4)nc3c12. The largest absolute Gasteiger partial charge is 0.461 e. The van der Waals surface area contributed by atoms with E-state index in [-0.39, 0.29) is 0 Å². The summed E-state index contributed by atoms with van der Waals surface area (Å²) in [6.45, 7) is 6.26. The molecule has 0 aliphatic carbocycles. The highest BCUT2D eigenvalue weighted by Gasteiger charge is 2.18. The molecule has 7 nitrogen and oxygen atoms in total. The van der Waals surface area contributed by atoms with Crippen molar-refractivity contribution in [3.63, 3.8) is 0 Å². The van der Waals surface area contributed by atoms with Gasteiger partial charge in [-0.15, -0.1) is 5.10 Å². The molecule has 130 valence electrons. The molecule has 0 aliphatic heterocycles. The fourth-order valence-corrected chi connectivity index (χ4v) is 3.26. The van der Waals surface area contributed by atoms with Crippen LogP contribution in [0.4, 0.5) is 0 Å². The zero-order valence-electron chi connectivity index (χ0n) is 15.0. The van der Waals surface area contributed by atoms with Gasteiger partial charge in [-0.25, -0.2) is 14.5 Å². The summed E-state index contributed by atoms with van der Waals surface area (Å²) in [7, 11) is 4.19. The monoisotopic (exact) mass is 338 g/mol. The van der Waals surface area contributed by atoms with Crippen LogP contribution < -0.4 is 0 Å². The molecule has 0 spiro atoms. The van der Waals surface area contributed by atoms with Gasteiger partial charge in [-0.1, -0.05) is 0 Å². The molecule has 0 aromatic carbocycles. The third-order valence-corrected chi connectivity index (χ3v) is 4.67. The summed E-state index contributed by atoms with van der Waals surface area (Å²) in [5.74, 6) is 1.24. The highest BCUT2D eigenvalue weighted by atomic mass is 16.3. The molecule has 0 saturated heterocycles. The number of nitrogens with zero attached hydrogens (tertiary/aromatic N) is 6. The van der Waals surface area contributed by atoms with E-state index in [9.17, 15) is 0 Å². The van der Waals surface area contributed by atoms with Crippen LogP contribution >= 0.6 is 0 Å². The predicted molar refractivity (Wildman–Crippen MR) is 96.6 cm³/mol. The van der Waals surface area contributed by atoms with Crippen LogP contribution in [-0.2, 0) is 6.54 Å². The minimum Gasteiger partial charge on any atom is -0.461 e. The smallest absolute Gasteiger partial charge is 0.217 e. The molecule has 0 unspecified atom stereocenters. The van der Waals surface area contributed by atoms with Crippen molar-refractivity contribution in [1.29, 1.82) is 0 Å². The number of furan rings is 1. The lowest BCUT2D eigenvalue weighted by Crippen LogP contribution is -2.15. The van der Waals surface area contributed by atoms with Crippen LogP contribution in [0.15, 0.2) is 29.1 Å². The van der Waals surface area contributed by atoms with E-state index < -0.39 is 0 Å². The molecule has 4 heterocycles. The molecule has 7 heteroatoms. The van der Waals surface area contributed by atoms with Gasteiger partial charge in [-0.2, -0.15) is 0 Å². The van der Waals surface area contributed by atoms with E-state index in [0.29, 0.717) is 11.6 Å². The first-order chi connectivity index (χ1) is 12.1. The fraction of sp³-hybridized carbons (Fsp3) is 0.389. The number of aromatic nitrogens is 5. The summed E-state index contributed by atoms with van der Waals surface area (Å²) in [4.78, 5) is 11.6. The lowest BCUT2D eigenvalue weighted by molar-refractivity contribution is 0.387. The standard InChI is InChI=1S/C18H22N6O/c1-12-13(2)23(9-6-8-22(3)4)17-15(12)18-20-16(14-7-5-10-25-14)21-24(18)11-19-17/h5,7,10-11H,6,8-9H2,1-4H3. The van der Waals surface area contributed by atoms with Crippen LogP contribution in [0.5, 0.6) is 0 Å². The first kappa shape index (κ1) is 15.8. The van der Waals surface area contributed by atoms with Gasteiger partial charge in [0.25, 0.3) is 0 Å². The maximum Gasteiger partial charge on any atom is 0.217 e. The molecule has 0 amide bonds. The topological polar surface area (TPSA) is 64.4 Å². The van der Waals surface area contributed by atoms with Gasteiger partial charge in [0.05, 0.1) is 11.6 Å². The average molecular weight is 338 g/mol. The number of hydrogen-bond donors (Lipinski definition) is 0. The second kappa shape index (κ2) is 6.00. The first-order valence-corrected chi connectivity index (χ1v) is 8.45. The lowest BCUT2D eigenvalue weighted by Gasteiger charge is -2.11. The Balaban J connectivity index is 1.84. The van der Waals surface area contributed by atoms with Gasteiger partial charge in [0, 0.05) is 12.2 Å². The van der Waals surface area contributed by atoms with E-state index in [4.69, 9.17) is 9.40 Å². The Morgan fingerprint density at radius 2 is 2.04 bits per heavy atom. The second-order valence-electron chi connectivity index (χ2n) is 6.64. The maximum atomic E-state index is 5.43. The number of hydrogen-bond acceptors (Lipinski definition) is 5. The van der Waals surface area contributed by atoms with E-state index in [1.54, 1.807) is 17.1 Å². The molecular formula is C18H22N6O. The lowest BCUT2D eigenvalue weighted by atomic mass is 10.2. The van der Waals surface area contributed by atoms with Crippen molar-refractivity contribution in [2.75, 3.05) is 20.6 Å². The molecule has 0 saturated carbocycles. The highest BCUT2D eigenvalue weighted by molar-refractivity contribution is 5.94. The third-order valence-electron chi connectivity index (χ3n) is 4.67. The zero-order chi connectivity index (χ0) is 17.6. The Labute approximate surface area is 145 Å². The van der Waals surface area contributed by atoms with Gasteiger partial charge in [-0.05, 0) is 58.6 Å². The van der Waals surface area contributed by atoms with Crippen molar-refractivity contribution in [2.24, 2.45) is 0 Å². The maximum absolute atomic E-state index is 5.43. The Morgan fingerprint density at radius 3 is 2.76 bits per heavy atom. The zero-order valence-corrected chi connectivity index (χ0v) is 15.0. The van der Waals surface area contributed by atoms with Crippen LogP contribution in [0.3, 0.4) is 0 Å². The Kier molecular flexibility index (Phi) is 3.80. The van der Waals surface area contributed by atoms with E-state index in [1.165, 1.54) is 11.3 Å². The third kappa shape index (κ3) is 2.60. The van der Waals surface area contributed by atoms with Crippen molar-refractivity contribution < 1.29 is 4.42 Å². The van der Waals surface area contributed by atoms with Gasteiger partial charge in [-0.3, -0.25) is 0 Å². The molecule has 0 radical (unpaired) electrons. The molecule has 25 heavy (non-hydrogen) atoms.